The Labute approximate surface area is 147 Å². The quantitative estimate of drug-likeness (QED) is 0.846. The smallest absolute Gasteiger partial charge is 0.260 e. The van der Waals surface area contributed by atoms with Gasteiger partial charge in [-0.2, -0.15) is 0 Å². The molecule has 24 heavy (non-hydrogen) atoms. The summed E-state index contributed by atoms with van der Waals surface area (Å²) in [6.07, 6.45) is 4.08. The number of pyridine rings is 1. The number of piperidine rings is 1. The molecule has 0 radical (unpaired) electrons. The second kappa shape index (κ2) is 6.71. The Kier molecular flexibility index (Phi) is 4.81. The number of hydrogen-bond acceptors (Lipinski definition) is 3. The minimum absolute atomic E-state index is 0.0287. The number of amides is 1. The molecule has 1 unspecified atom stereocenters. The van der Waals surface area contributed by atoms with Gasteiger partial charge in [0, 0.05) is 35.4 Å². The SMILES string of the molecule is Cc1sc2ccn(CC(C)C)c(=O)c2c1C(=O)N1CCCC(C)C1. The van der Waals surface area contributed by atoms with E-state index in [-0.39, 0.29) is 11.5 Å². The summed E-state index contributed by atoms with van der Waals surface area (Å²) in [5, 5.41) is 0.615. The first-order chi connectivity index (χ1) is 11.4. The van der Waals surface area contributed by atoms with Crippen molar-refractivity contribution in [2.75, 3.05) is 13.1 Å². The van der Waals surface area contributed by atoms with Crippen molar-refractivity contribution >= 4 is 27.3 Å². The molecule has 130 valence electrons. The summed E-state index contributed by atoms with van der Waals surface area (Å²) in [5.41, 5.74) is 0.603. The van der Waals surface area contributed by atoms with Crippen molar-refractivity contribution < 1.29 is 4.79 Å². The van der Waals surface area contributed by atoms with Crippen molar-refractivity contribution in [3.63, 3.8) is 0 Å². The van der Waals surface area contributed by atoms with Gasteiger partial charge in [-0.3, -0.25) is 9.59 Å². The highest BCUT2D eigenvalue weighted by atomic mass is 32.1. The lowest BCUT2D eigenvalue weighted by atomic mass is 9.99. The van der Waals surface area contributed by atoms with E-state index < -0.39 is 0 Å². The predicted octanol–water partition coefficient (Wildman–Crippen LogP) is 3.90. The highest BCUT2D eigenvalue weighted by Crippen LogP contribution is 2.30. The summed E-state index contributed by atoms with van der Waals surface area (Å²) >= 11 is 1.55. The maximum Gasteiger partial charge on any atom is 0.260 e. The van der Waals surface area contributed by atoms with E-state index in [1.165, 1.54) is 6.42 Å². The number of rotatable bonds is 3. The van der Waals surface area contributed by atoms with Crippen molar-refractivity contribution in [3.8, 4) is 0 Å². The molecule has 1 aliphatic heterocycles. The number of thiophene rings is 1. The Bertz CT molecular complexity index is 819. The number of fused-ring (bicyclic) bond motifs is 1. The highest BCUT2D eigenvalue weighted by molar-refractivity contribution is 7.19. The first-order valence-electron chi connectivity index (χ1n) is 8.80. The van der Waals surface area contributed by atoms with E-state index in [1.807, 2.05) is 24.1 Å². The molecule has 1 amide bonds. The fourth-order valence-corrected chi connectivity index (χ4v) is 4.63. The normalized spacial score (nSPS) is 18.5. The molecule has 0 bridgehead atoms. The van der Waals surface area contributed by atoms with Crippen LogP contribution in [0, 0.1) is 18.8 Å². The van der Waals surface area contributed by atoms with Crippen molar-refractivity contribution in [2.45, 2.75) is 47.1 Å². The van der Waals surface area contributed by atoms with Gasteiger partial charge in [0.2, 0.25) is 0 Å². The molecule has 5 heteroatoms. The van der Waals surface area contributed by atoms with Crippen molar-refractivity contribution in [1.29, 1.82) is 0 Å². The number of carbonyl (C=O) groups is 1. The maximum atomic E-state index is 13.1. The zero-order valence-electron chi connectivity index (χ0n) is 15.0. The first kappa shape index (κ1) is 17.2. The third kappa shape index (κ3) is 3.14. The molecule has 1 fully saturated rings. The van der Waals surface area contributed by atoms with Gasteiger partial charge in [0.25, 0.3) is 11.5 Å². The van der Waals surface area contributed by atoms with Gasteiger partial charge < -0.3 is 9.47 Å². The van der Waals surface area contributed by atoms with Crippen LogP contribution in [0.3, 0.4) is 0 Å². The molecule has 1 aliphatic rings. The second-order valence-electron chi connectivity index (χ2n) is 7.44. The molecule has 0 spiro atoms. The van der Waals surface area contributed by atoms with Crippen LogP contribution >= 0.6 is 11.3 Å². The van der Waals surface area contributed by atoms with E-state index in [0.717, 1.165) is 29.1 Å². The van der Waals surface area contributed by atoms with Gasteiger partial charge in [-0.25, -0.2) is 0 Å². The number of nitrogens with zero attached hydrogens (tertiary/aromatic N) is 2. The third-order valence-corrected chi connectivity index (χ3v) is 5.78. The highest BCUT2D eigenvalue weighted by Gasteiger charge is 2.27. The lowest BCUT2D eigenvalue weighted by Crippen LogP contribution is -2.39. The topological polar surface area (TPSA) is 42.3 Å². The van der Waals surface area contributed by atoms with E-state index in [9.17, 15) is 9.59 Å². The molecule has 0 N–H and O–H groups in total. The number of aromatic nitrogens is 1. The van der Waals surface area contributed by atoms with Gasteiger partial charge in [0.15, 0.2) is 0 Å². The van der Waals surface area contributed by atoms with Crippen LogP contribution in [-0.4, -0.2) is 28.5 Å². The van der Waals surface area contributed by atoms with Crippen LogP contribution < -0.4 is 5.56 Å². The molecule has 4 nitrogen and oxygen atoms in total. The Balaban J connectivity index is 2.08. The van der Waals surface area contributed by atoms with Crippen LogP contribution in [-0.2, 0) is 6.54 Å². The van der Waals surface area contributed by atoms with Gasteiger partial charge in [-0.05, 0) is 37.7 Å². The number of likely N-dealkylation sites (tertiary alicyclic amines) is 1. The maximum absolute atomic E-state index is 13.1. The molecular weight excluding hydrogens is 320 g/mol. The fourth-order valence-electron chi connectivity index (χ4n) is 3.59. The van der Waals surface area contributed by atoms with Crippen LogP contribution in [0.5, 0.6) is 0 Å². The van der Waals surface area contributed by atoms with Gasteiger partial charge in [0.05, 0.1) is 10.9 Å². The monoisotopic (exact) mass is 346 g/mol. The Morgan fingerprint density at radius 1 is 1.42 bits per heavy atom. The standard InChI is InChI=1S/C19H26N2O2S/c1-12(2)10-21-9-7-15-17(19(21)23)16(14(4)24-15)18(22)20-8-5-6-13(3)11-20/h7,9,12-13H,5-6,8,10-11H2,1-4H3. The Morgan fingerprint density at radius 3 is 2.83 bits per heavy atom. The van der Waals surface area contributed by atoms with Gasteiger partial charge in [-0.15, -0.1) is 11.3 Å². The first-order valence-corrected chi connectivity index (χ1v) is 9.62. The van der Waals surface area contributed by atoms with E-state index in [2.05, 4.69) is 20.8 Å². The van der Waals surface area contributed by atoms with E-state index in [4.69, 9.17) is 0 Å². The summed E-state index contributed by atoms with van der Waals surface area (Å²) in [7, 11) is 0. The van der Waals surface area contributed by atoms with Crippen LogP contribution in [0.25, 0.3) is 10.1 Å². The molecule has 1 saturated heterocycles. The van der Waals surface area contributed by atoms with Crippen LogP contribution in [0.1, 0.15) is 48.8 Å². The second-order valence-corrected chi connectivity index (χ2v) is 8.69. The molecule has 1 atom stereocenters. The minimum atomic E-state index is -0.0287. The van der Waals surface area contributed by atoms with E-state index in [1.54, 1.807) is 15.9 Å². The van der Waals surface area contributed by atoms with Gasteiger partial charge in [-0.1, -0.05) is 20.8 Å². The molecule has 3 heterocycles. The van der Waals surface area contributed by atoms with Crippen molar-refractivity contribution in [1.82, 2.24) is 9.47 Å². The lowest BCUT2D eigenvalue weighted by molar-refractivity contribution is 0.0685. The van der Waals surface area contributed by atoms with Crippen molar-refractivity contribution in [3.05, 3.63) is 33.1 Å². The summed E-state index contributed by atoms with van der Waals surface area (Å²) in [6, 6.07) is 1.98. The number of hydrogen-bond donors (Lipinski definition) is 0. The Morgan fingerprint density at radius 2 is 2.17 bits per heavy atom. The molecule has 2 aromatic rings. The third-order valence-electron chi connectivity index (χ3n) is 4.71. The van der Waals surface area contributed by atoms with Crippen LogP contribution in [0.2, 0.25) is 0 Å². The predicted molar refractivity (Wildman–Crippen MR) is 100.0 cm³/mol. The minimum Gasteiger partial charge on any atom is -0.338 e. The molecular formula is C19H26N2O2S. The van der Waals surface area contributed by atoms with Crippen molar-refractivity contribution in [2.24, 2.45) is 11.8 Å². The summed E-state index contributed by atoms with van der Waals surface area (Å²) in [4.78, 5) is 28.9. The zero-order valence-corrected chi connectivity index (χ0v) is 15.8. The Hall–Kier alpha value is -1.62. The van der Waals surface area contributed by atoms with Crippen LogP contribution in [0.4, 0.5) is 0 Å². The van der Waals surface area contributed by atoms with E-state index in [0.29, 0.717) is 29.3 Å². The molecule has 2 aromatic heterocycles. The summed E-state index contributed by atoms with van der Waals surface area (Å²) in [5.74, 6) is 0.956. The largest absolute Gasteiger partial charge is 0.338 e. The number of aryl methyl sites for hydroxylation is 1. The molecule has 0 aliphatic carbocycles. The lowest BCUT2D eigenvalue weighted by Gasteiger charge is -2.31. The average molecular weight is 346 g/mol. The zero-order chi connectivity index (χ0) is 17.4. The summed E-state index contributed by atoms with van der Waals surface area (Å²) < 4.78 is 2.67. The van der Waals surface area contributed by atoms with Gasteiger partial charge in [0.1, 0.15) is 0 Å². The van der Waals surface area contributed by atoms with Gasteiger partial charge >= 0.3 is 0 Å². The summed E-state index contributed by atoms with van der Waals surface area (Å²) in [6.45, 7) is 10.6. The van der Waals surface area contributed by atoms with E-state index >= 15 is 0 Å². The van der Waals surface area contributed by atoms with Crippen LogP contribution in [0.15, 0.2) is 17.1 Å². The number of carbonyl (C=O) groups excluding carboxylic acids is 1. The molecule has 0 aromatic carbocycles. The fraction of sp³-hybridized carbons (Fsp3) is 0.579. The molecule has 0 saturated carbocycles. The molecule has 3 rings (SSSR count). The average Bonchev–Trinajstić information content (AvgIpc) is 2.86.